The third kappa shape index (κ3) is 4.02. The summed E-state index contributed by atoms with van der Waals surface area (Å²) in [6.07, 6.45) is -0.562. The zero-order valence-electron chi connectivity index (χ0n) is 15.6. The maximum Gasteiger partial charge on any atom is 0.437 e. The molecule has 0 saturated carbocycles. The van der Waals surface area contributed by atoms with Crippen LogP contribution < -0.4 is 5.73 Å². The molecule has 4 aromatic rings. The Morgan fingerprint density at radius 1 is 1.15 bits per heavy atom. The predicted molar refractivity (Wildman–Crippen MR) is 102 cm³/mol. The number of carbonyl (C=O) groups excluding carboxylic acids is 1. The highest BCUT2D eigenvalue weighted by molar-refractivity contribution is 5.93. The van der Waals surface area contributed by atoms with Crippen LogP contribution in [0.25, 0.3) is 22.1 Å². The van der Waals surface area contributed by atoms with E-state index in [2.05, 4.69) is 25.7 Å². The summed E-state index contributed by atoms with van der Waals surface area (Å²) in [7, 11) is 0. The molecule has 140 valence electrons. The van der Waals surface area contributed by atoms with Gasteiger partial charge in [-0.1, -0.05) is 28.6 Å². The number of rotatable bonds is 0. The van der Waals surface area contributed by atoms with Crippen molar-refractivity contribution >= 4 is 33.8 Å². The van der Waals surface area contributed by atoms with Gasteiger partial charge < -0.3 is 10.5 Å². The van der Waals surface area contributed by atoms with Crippen LogP contribution in [0.15, 0.2) is 36.4 Å². The Balaban J connectivity index is 0.000000193. The van der Waals surface area contributed by atoms with E-state index in [0.717, 1.165) is 21.3 Å². The molecule has 27 heavy (non-hydrogen) atoms. The monoisotopic (exact) mass is 367 g/mol. The molecule has 0 bridgehead atoms. The van der Waals surface area contributed by atoms with Gasteiger partial charge >= 0.3 is 6.09 Å². The zero-order valence-corrected chi connectivity index (χ0v) is 15.6. The lowest BCUT2D eigenvalue weighted by Crippen LogP contribution is -2.27. The number of aromatic amines is 1. The zero-order chi connectivity index (χ0) is 19.6. The molecule has 9 nitrogen and oxygen atoms in total. The first-order chi connectivity index (χ1) is 12.8. The summed E-state index contributed by atoms with van der Waals surface area (Å²) in [5, 5.41) is 17.9. The Labute approximate surface area is 155 Å². The number of nitrogens with zero attached hydrogens (tertiary/aromatic N) is 5. The summed E-state index contributed by atoms with van der Waals surface area (Å²) in [5.74, 6) is 0. The molecule has 0 amide bonds. The van der Waals surface area contributed by atoms with Gasteiger partial charge in [0, 0.05) is 0 Å². The highest BCUT2D eigenvalue weighted by Crippen LogP contribution is 2.22. The number of carbonyl (C=O) groups is 1. The fourth-order valence-corrected chi connectivity index (χ4v) is 2.34. The minimum atomic E-state index is -0.578. The van der Waals surface area contributed by atoms with E-state index in [0.29, 0.717) is 16.7 Å². The summed E-state index contributed by atoms with van der Waals surface area (Å²) in [5.41, 5.74) is 9.71. The Kier molecular flexibility index (Phi) is 4.76. The number of nitrogens with one attached hydrogen (secondary N) is 1. The minimum absolute atomic E-state index is 0.515. The lowest BCUT2D eigenvalue weighted by Gasteiger charge is -2.18. The summed E-state index contributed by atoms with van der Waals surface area (Å²) < 4.78 is 6.36. The number of benzene rings is 2. The van der Waals surface area contributed by atoms with Crippen molar-refractivity contribution in [3.05, 3.63) is 42.0 Å². The van der Waals surface area contributed by atoms with Gasteiger partial charge in [0.15, 0.2) is 0 Å². The fourth-order valence-electron chi connectivity index (χ4n) is 2.34. The van der Waals surface area contributed by atoms with Crippen LogP contribution in [0, 0.1) is 6.92 Å². The maximum absolute atomic E-state index is 11.9. The van der Waals surface area contributed by atoms with Gasteiger partial charge in [-0.15, -0.1) is 14.9 Å². The Bertz CT molecular complexity index is 1060. The molecule has 0 fully saturated rings. The number of aromatic nitrogens is 6. The molecular formula is C18H21N7O2. The number of H-pyrrole nitrogens is 1. The summed E-state index contributed by atoms with van der Waals surface area (Å²) in [4.78, 5) is 11.9. The summed E-state index contributed by atoms with van der Waals surface area (Å²) in [6, 6.07) is 11.3. The molecule has 0 aliphatic rings. The SMILES string of the molecule is Cc1ccc2c(nnn2C(=O)OC(C)(C)C)c1N.c1ccc2[nH]nnc2c1. The molecule has 9 heteroatoms. The standard InChI is InChI=1S/C12H16N4O2.C6H5N3/c1-7-5-6-8-10(9(7)13)14-15-16(8)11(17)18-12(2,3)4;1-2-4-6-5(3-1)7-9-8-6/h5-6H,13H2,1-4H3;1-4H,(H,7,8,9). The smallest absolute Gasteiger partial charge is 0.437 e. The lowest BCUT2D eigenvalue weighted by molar-refractivity contribution is 0.0519. The van der Waals surface area contributed by atoms with Gasteiger partial charge in [-0.3, -0.25) is 5.10 Å². The molecule has 0 aliphatic heterocycles. The van der Waals surface area contributed by atoms with Crippen LogP contribution >= 0.6 is 0 Å². The van der Waals surface area contributed by atoms with Gasteiger partial charge in [-0.05, 0) is 51.5 Å². The molecule has 0 spiro atoms. The Morgan fingerprint density at radius 2 is 1.89 bits per heavy atom. The van der Waals surface area contributed by atoms with Gasteiger partial charge in [-0.25, -0.2) is 4.79 Å². The number of fused-ring (bicyclic) bond motifs is 2. The highest BCUT2D eigenvalue weighted by Gasteiger charge is 2.21. The third-order valence-corrected chi connectivity index (χ3v) is 3.67. The maximum atomic E-state index is 11.9. The molecule has 0 radical (unpaired) electrons. The van der Waals surface area contributed by atoms with Crippen LogP contribution in [0.1, 0.15) is 26.3 Å². The molecular weight excluding hydrogens is 346 g/mol. The third-order valence-electron chi connectivity index (χ3n) is 3.67. The van der Waals surface area contributed by atoms with E-state index >= 15 is 0 Å². The van der Waals surface area contributed by atoms with Crippen LogP contribution in [0.5, 0.6) is 0 Å². The van der Waals surface area contributed by atoms with Gasteiger partial charge in [0.2, 0.25) is 0 Å². The van der Waals surface area contributed by atoms with Crippen LogP contribution in [0.4, 0.5) is 10.5 Å². The van der Waals surface area contributed by atoms with Crippen molar-refractivity contribution in [1.29, 1.82) is 0 Å². The number of anilines is 1. The summed E-state index contributed by atoms with van der Waals surface area (Å²) in [6.45, 7) is 7.26. The fraction of sp³-hybridized carbons (Fsp3) is 0.278. The predicted octanol–water partition coefficient (Wildman–Crippen LogP) is 3.06. The number of nitrogen functional groups attached to an aromatic ring is 1. The number of nitrogens with two attached hydrogens (primary N) is 1. The van der Waals surface area contributed by atoms with Crippen molar-refractivity contribution in [2.45, 2.75) is 33.3 Å². The van der Waals surface area contributed by atoms with Gasteiger partial charge in [0.25, 0.3) is 0 Å². The topological polar surface area (TPSA) is 125 Å². The number of aryl methyl sites for hydroxylation is 1. The summed E-state index contributed by atoms with van der Waals surface area (Å²) >= 11 is 0. The molecule has 2 aromatic heterocycles. The van der Waals surface area contributed by atoms with Crippen molar-refractivity contribution in [2.75, 3.05) is 5.73 Å². The average Bonchev–Trinajstić information content (AvgIpc) is 3.24. The first kappa shape index (κ1) is 18.3. The largest absolute Gasteiger partial charge is 0.442 e. The molecule has 2 aromatic carbocycles. The quantitative estimate of drug-likeness (QED) is 0.458. The first-order valence-electron chi connectivity index (χ1n) is 8.36. The average molecular weight is 367 g/mol. The van der Waals surface area contributed by atoms with Crippen LogP contribution in [0.2, 0.25) is 0 Å². The van der Waals surface area contributed by atoms with Crippen molar-refractivity contribution in [3.8, 4) is 0 Å². The Hall–Kier alpha value is -3.49. The second-order valence-electron chi connectivity index (χ2n) is 6.97. The number of ether oxygens (including phenoxy) is 1. The molecule has 0 aliphatic carbocycles. The number of para-hydroxylation sites is 1. The number of hydrogen-bond acceptors (Lipinski definition) is 7. The molecule has 4 rings (SSSR count). The van der Waals surface area contributed by atoms with E-state index in [1.165, 1.54) is 0 Å². The Morgan fingerprint density at radius 3 is 2.59 bits per heavy atom. The van der Waals surface area contributed by atoms with E-state index in [4.69, 9.17) is 10.5 Å². The minimum Gasteiger partial charge on any atom is -0.442 e. The molecule has 3 N–H and O–H groups in total. The van der Waals surface area contributed by atoms with Gasteiger partial charge in [0.1, 0.15) is 22.2 Å². The second kappa shape index (κ2) is 7.02. The van der Waals surface area contributed by atoms with E-state index < -0.39 is 11.7 Å². The lowest BCUT2D eigenvalue weighted by atomic mass is 10.2. The molecule has 0 saturated heterocycles. The highest BCUT2D eigenvalue weighted by atomic mass is 16.6. The van der Waals surface area contributed by atoms with Gasteiger partial charge in [-0.2, -0.15) is 0 Å². The first-order valence-corrected chi connectivity index (χ1v) is 8.36. The van der Waals surface area contributed by atoms with Crippen molar-refractivity contribution in [2.24, 2.45) is 0 Å². The molecule has 0 unspecified atom stereocenters. The van der Waals surface area contributed by atoms with Gasteiger partial charge in [0.05, 0.1) is 11.2 Å². The molecule has 0 atom stereocenters. The van der Waals surface area contributed by atoms with Crippen molar-refractivity contribution in [3.63, 3.8) is 0 Å². The van der Waals surface area contributed by atoms with Crippen LogP contribution in [-0.4, -0.2) is 42.1 Å². The van der Waals surface area contributed by atoms with Crippen LogP contribution in [0.3, 0.4) is 0 Å². The van der Waals surface area contributed by atoms with E-state index in [1.54, 1.807) is 26.8 Å². The van der Waals surface area contributed by atoms with Crippen molar-refractivity contribution < 1.29 is 9.53 Å². The second-order valence-corrected chi connectivity index (χ2v) is 6.97. The van der Waals surface area contributed by atoms with E-state index in [9.17, 15) is 4.79 Å². The van der Waals surface area contributed by atoms with E-state index in [1.807, 2.05) is 37.3 Å². The van der Waals surface area contributed by atoms with Crippen LogP contribution in [-0.2, 0) is 4.74 Å². The number of hydrogen-bond donors (Lipinski definition) is 2. The van der Waals surface area contributed by atoms with E-state index in [-0.39, 0.29) is 0 Å². The normalized spacial score (nSPS) is 11.3. The van der Waals surface area contributed by atoms with Crippen molar-refractivity contribution in [1.82, 2.24) is 30.4 Å². The molecule has 2 heterocycles.